The van der Waals surface area contributed by atoms with Gasteiger partial charge in [0.2, 0.25) is 0 Å². The molecule has 0 saturated heterocycles. The van der Waals surface area contributed by atoms with Crippen molar-refractivity contribution < 1.29 is 10.0 Å². The Kier molecular flexibility index (Phi) is 16.8. The third kappa shape index (κ3) is 11.5. The minimum Gasteiger partial charge on any atom is -0.423 e. The highest BCUT2D eigenvalue weighted by atomic mass is 127. The summed E-state index contributed by atoms with van der Waals surface area (Å²) < 4.78 is 16.0. The molecule has 0 bridgehead atoms. The van der Waals surface area contributed by atoms with Crippen LogP contribution in [-0.2, 0) is 0 Å². The molecule has 0 aliphatic carbocycles. The third-order valence-corrected chi connectivity index (χ3v) is 20.7. The maximum absolute atomic E-state index is 8.76. The van der Waals surface area contributed by atoms with E-state index in [0.717, 1.165) is 14.5 Å². The first-order valence-electron chi connectivity index (χ1n) is 23.3. The van der Waals surface area contributed by atoms with E-state index >= 15 is 0 Å². The van der Waals surface area contributed by atoms with Crippen LogP contribution >= 0.6 is 122 Å². The minimum absolute atomic E-state index is 0.572. The molecule has 10 aromatic carbocycles. The van der Waals surface area contributed by atoms with Gasteiger partial charge in [-0.05, 0) is 148 Å². The maximum Gasteiger partial charge on any atom is 0.488 e. The maximum atomic E-state index is 8.76. The molecule has 2 nitrogen and oxygen atoms in total. The lowest BCUT2D eigenvalue weighted by Crippen LogP contribution is -2.31. The lowest BCUT2D eigenvalue weighted by atomic mass is 9.77. The first kappa shape index (κ1) is 51.9. The predicted octanol–water partition coefficient (Wildman–Crippen LogP) is 20.6. The van der Waals surface area contributed by atoms with E-state index in [-0.39, 0.29) is 0 Å². The standard InChI is InChI=1S/C19H13BrS.C12H6BrIS.C12H7IS.C12H8S.C7H9BO2/c1-12-5-2-3-6-14(12)15-7-4-8-16-17-11-13(20)9-10-18(17)21-19(15)16;13-7-4-5-11-9(6-7)8-2-1-3-10(14)12(8)15-11;13-10-6-3-5-9-8-4-1-2-7-11(8)14-12(9)10;1-3-7-11-9(5-1)10-6-2-4-8-12(10)13-11;1-6-4-2-3-5-7(6)8(9)10/h2-11H,1H3;1-6H;1-7H;1-8H;2-5,9-10H,1H3. The van der Waals surface area contributed by atoms with E-state index in [2.05, 4.69) is 272 Å². The molecule has 4 aromatic heterocycles. The van der Waals surface area contributed by atoms with Crippen molar-refractivity contribution in [3.8, 4) is 11.1 Å². The molecule has 11 heteroatoms. The van der Waals surface area contributed by atoms with Crippen molar-refractivity contribution in [1.82, 2.24) is 0 Å². The molecule has 4 heterocycles. The average Bonchev–Trinajstić information content (AvgIpc) is 4.19. The Hall–Kier alpha value is -4.52. The molecule has 14 aromatic rings. The van der Waals surface area contributed by atoms with Crippen LogP contribution in [-0.4, -0.2) is 17.2 Å². The summed E-state index contributed by atoms with van der Waals surface area (Å²) in [6, 6.07) is 74.1. The first-order chi connectivity index (χ1) is 35.5. The number of thiophene rings is 4. The fourth-order valence-electron chi connectivity index (χ4n) is 8.86. The number of benzene rings is 10. The van der Waals surface area contributed by atoms with E-state index in [0.29, 0.717) is 5.46 Å². The second-order valence-electron chi connectivity index (χ2n) is 17.1. The molecule has 0 unspecified atom stereocenters. The van der Waals surface area contributed by atoms with Crippen molar-refractivity contribution in [1.29, 1.82) is 0 Å². The quantitative estimate of drug-likeness (QED) is 0.134. The van der Waals surface area contributed by atoms with E-state index in [1.54, 1.807) is 12.1 Å². The monoisotopic (exact) mass is 1370 g/mol. The highest BCUT2D eigenvalue weighted by Crippen LogP contribution is 2.42. The van der Waals surface area contributed by atoms with Crippen LogP contribution in [0.25, 0.3) is 91.8 Å². The van der Waals surface area contributed by atoms with Gasteiger partial charge in [0.25, 0.3) is 0 Å². The van der Waals surface area contributed by atoms with Crippen molar-refractivity contribution in [3.05, 3.63) is 240 Å². The lowest BCUT2D eigenvalue weighted by Gasteiger charge is -2.06. The Morgan fingerprint density at radius 2 is 0.712 bits per heavy atom. The van der Waals surface area contributed by atoms with Crippen LogP contribution in [0.3, 0.4) is 0 Å². The van der Waals surface area contributed by atoms with E-state index in [1.165, 1.54) is 105 Å². The summed E-state index contributed by atoms with van der Waals surface area (Å²) in [7, 11) is -1.35. The summed E-state index contributed by atoms with van der Waals surface area (Å²) in [4.78, 5) is 0. The second kappa shape index (κ2) is 23.6. The van der Waals surface area contributed by atoms with Crippen LogP contribution in [0.5, 0.6) is 0 Å². The fourth-order valence-corrected chi connectivity index (χ4v) is 15.8. The number of fused-ring (bicyclic) bond motifs is 12. The van der Waals surface area contributed by atoms with Crippen molar-refractivity contribution in [2.45, 2.75) is 13.8 Å². The molecule has 0 aliphatic rings. The summed E-state index contributed by atoms with van der Waals surface area (Å²) in [5.41, 5.74) is 5.46. The van der Waals surface area contributed by atoms with Crippen molar-refractivity contribution in [3.63, 3.8) is 0 Å². The van der Waals surface area contributed by atoms with Gasteiger partial charge in [-0.25, -0.2) is 0 Å². The van der Waals surface area contributed by atoms with Crippen LogP contribution in [0.2, 0.25) is 0 Å². The van der Waals surface area contributed by atoms with Gasteiger partial charge in [-0.2, -0.15) is 0 Å². The SMILES string of the molecule is Brc1ccc2sc3c(I)cccc3c2c1.Cc1ccccc1-c1cccc2c1sc1ccc(Br)cc12.Cc1ccccc1B(O)O.Ic1cccc2c1sc1ccccc12.c1ccc2c(c1)sc1ccccc12. The van der Waals surface area contributed by atoms with Gasteiger partial charge < -0.3 is 10.0 Å². The summed E-state index contributed by atoms with van der Waals surface area (Å²) in [6.07, 6.45) is 0. The molecule has 14 rings (SSSR count). The summed E-state index contributed by atoms with van der Waals surface area (Å²) >= 11 is 19.4. The molecule has 73 heavy (non-hydrogen) atoms. The molecular formula is C62H43BBr2I2O2S4. The molecule has 2 N–H and O–H groups in total. The molecular weight excluding hydrogens is 1330 g/mol. The predicted molar refractivity (Wildman–Crippen MR) is 349 cm³/mol. The Labute approximate surface area is 484 Å². The zero-order valence-corrected chi connectivity index (χ0v) is 50.1. The number of rotatable bonds is 2. The molecule has 0 spiro atoms. The van der Waals surface area contributed by atoms with Crippen molar-refractivity contribution in [2.24, 2.45) is 0 Å². The van der Waals surface area contributed by atoms with Crippen molar-refractivity contribution in [2.75, 3.05) is 0 Å². The number of halogens is 4. The zero-order valence-electron chi connectivity index (χ0n) is 39.3. The Bertz CT molecular complexity index is 4200. The summed E-state index contributed by atoms with van der Waals surface area (Å²) in [5.74, 6) is 0. The largest absolute Gasteiger partial charge is 0.488 e. The van der Waals surface area contributed by atoms with Crippen LogP contribution in [0, 0.1) is 21.0 Å². The Balaban J connectivity index is 0.000000107. The van der Waals surface area contributed by atoms with E-state index in [9.17, 15) is 0 Å². The molecule has 0 aliphatic heterocycles. The zero-order chi connectivity index (χ0) is 50.6. The third-order valence-electron chi connectivity index (χ3n) is 12.4. The Morgan fingerprint density at radius 1 is 0.342 bits per heavy atom. The van der Waals surface area contributed by atoms with Gasteiger partial charge >= 0.3 is 7.12 Å². The Morgan fingerprint density at radius 3 is 1.22 bits per heavy atom. The van der Waals surface area contributed by atoms with Crippen LogP contribution in [0.15, 0.2) is 221 Å². The van der Waals surface area contributed by atoms with Gasteiger partial charge in [0.15, 0.2) is 0 Å². The number of aryl methyl sites for hydroxylation is 2. The topological polar surface area (TPSA) is 40.5 Å². The van der Waals surface area contributed by atoms with Gasteiger partial charge in [0.05, 0.1) is 0 Å². The highest BCUT2D eigenvalue weighted by molar-refractivity contribution is 14.1. The van der Waals surface area contributed by atoms with Gasteiger partial charge in [0, 0.05) is 96.8 Å². The molecule has 0 fully saturated rings. The first-order valence-corrected chi connectivity index (χ1v) is 30.3. The minimum atomic E-state index is -1.35. The highest BCUT2D eigenvalue weighted by Gasteiger charge is 2.13. The van der Waals surface area contributed by atoms with Crippen molar-refractivity contribution >= 4 is 216 Å². The number of hydrogen-bond acceptors (Lipinski definition) is 6. The molecule has 0 saturated carbocycles. The lowest BCUT2D eigenvalue weighted by molar-refractivity contribution is 0.425. The van der Waals surface area contributed by atoms with Crippen LogP contribution < -0.4 is 5.46 Å². The van der Waals surface area contributed by atoms with Gasteiger partial charge in [-0.3, -0.25) is 0 Å². The normalized spacial score (nSPS) is 11.0. The summed E-state index contributed by atoms with van der Waals surface area (Å²) in [6.45, 7) is 4.02. The molecule has 358 valence electrons. The van der Waals surface area contributed by atoms with Gasteiger partial charge in [-0.15, -0.1) is 45.3 Å². The van der Waals surface area contributed by atoms with Crippen LogP contribution in [0.1, 0.15) is 11.1 Å². The number of hydrogen-bond donors (Lipinski definition) is 2. The summed E-state index contributed by atoms with van der Waals surface area (Å²) in [5, 5.41) is 28.4. The molecule has 0 atom stereocenters. The van der Waals surface area contributed by atoms with Gasteiger partial charge in [0.1, 0.15) is 0 Å². The fraction of sp³-hybridized carbons (Fsp3) is 0.0323. The molecule has 0 amide bonds. The smallest absolute Gasteiger partial charge is 0.423 e. The van der Waals surface area contributed by atoms with E-state index in [1.807, 2.05) is 64.4 Å². The van der Waals surface area contributed by atoms with E-state index < -0.39 is 7.12 Å². The second-order valence-corrected chi connectivity index (χ2v) is 25.5. The van der Waals surface area contributed by atoms with E-state index in [4.69, 9.17) is 10.0 Å². The average molecular weight is 1370 g/mol. The van der Waals surface area contributed by atoms with Gasteiger partial charge in [-0.1, -0.05) is 183 Å². The van der Waals surface area contributed by atoms with Crippen LogP contribution in [0.4, 0.5) is 0 Å². The molecule has 0 radical (unpaired) electrons.